The maximum Gasteiger partial charge on any atom is 0.0796 e. The van der Waals surface area contributed by atoms with Gasteiger partial charge in [-0.25, -0.2) is 0 Å². The predicted octanol–water partition coefficient (Wildman–Crippen LogP) is 1.29. The van der Waals surface area contributed by atoms with Crippen LogP contribution >= 0.6 is 0 Å². The van der Waals surface area contributed by atoms with Gasteiger partial charge in [0.25, 0.3) is 0 Å². The Morgan fingerprint density at radius 2 is 2.08 bits per heavy atom. The Morgan fingerprint density at radius 3 is 2.50 bits per heavy atom. The lowest BCUT2D eigenvalue weighted by Crippen LogP contribution is -2.45. The van der Waals surface area contributed by atoms with Gasteiger partial charge in [-0.05, 0) is 38.0 Å². The quantitative estimate of drug-likeness (QED) is 0.664. The molecule has 0 spiro atoms. The molecule has 0 aromatic carbocycles. The van der Waals surface area contributed by atoms with Crippen LogP contribution in [0.1, 0.15) is 39.5 Å². The first-order valence-corrected chi connectivity index (χ1v) is 4.99. The molecule has 70 valence electrons. The second-order valence-corrected chi connectivity index (χ2v) is 4.99. The Balaban J connectivity index is 1.82. The first-order chi connectivity index (χ1) is 5.54. The van der Waals surface area contributed by atoms with Crippen molar-refractivity contribution in [3.8, 4) is 0 Å². The smallest absolute Gasteiger partial charge is 0.0796 e. The molecule has 2 saturated carbocycles. The molecular weight excluding hydrogens is 150 g/mol. The van der Waals surface area contributed by atoms with Crippen LogP contribution < -0.4 is 5.32 Å². The summed E-state index contributed by atoms with van der Waals surface area (Å²) in [5, 5.41) is 13.5. The van der Waals surface area contributed by atoms with Crippen LogP contribution in [-0.2, 0) is 0 Å². The molecule has 2 aliphatic carbocycles. The SMILES string of the molecule is CC(O)(CNC1CC1)C1(C)CC1. The van der Waals surface area contributed by atoms with Gasteiger partial charge >= 0.3 is 0 Å². The summed E-state index contributed by atoms with van der Waals surface area (Å²) in [5.74, 6) is 0. The monoisotopic (exact) mass is 169 g/mol. The van der Waals surface area contributed by atoms with Crippen LogP contribution in [-0.4, -0.2) is 23.3 Å². The standard InChI is InChI=1S/C10H19NO/c1-9(5-6-9)10(2,12)7-11-8-3-4-8/h8,11-12H,3-7H2,1-2H3. The zero-order chi connectivity index (χ0) is 8.82. The van der Waals surface area contributed by atoms with Crippen molar-refractivity contribution in [2.24, 2.45) is 5.41 Å². The van der Waals surface area contributed by atoms with Gasteiger partial charge in [0.1, 0.15) is 0 Å². The van der Waals surface area contributed by atoms with Crippen LogP contribution in [0.15, 0.2) is 0 Å². The Morgan fingerprint density at radius 1 is 1.50 bits per heavy atom. The molecule has 0 bridgehead atoms. The minimum Gasteiger partial charge on any atom is -0.388 e. The summed E-state index contributed by atoms with van der Waals surface area (Å²) < 4.78 is 0. The maximum atomic E-state index is 10.1. The largest absolute Gasteiger partial charge is 0.388 e. The molecule has 2 N–H and O–H groups in total. The second kappa shape index (κ2) is 2.46. The molecule has 0 amide bonds. The molecule has 12 heavy (non-hydrogen) atoms. The zero-order valence-corrected chi connectivity index (χ0v) is 8.06. The summed E-state index contributed by atoms with van der Waals surface area (Å²) in [7, 11) is 0. The van der Waals surface area contributed by atoms with Crippen molar-refractivity contribution in [1.29, 1.82) is 0 Å². The molecule has 2 rings (SSSR count). The van der Waals surface area contributed by atoms with Crippen LogP contribution in [0.2, 0.25) is 0 Å². The fourth-order valence-corrected chi connectivity index (χ4v) is 1.57. The Labute approximate surface area is 74.4 Å². The predicted molar refractivity (Wildman–Crippen MR) is 49.0 cm³/mol. The number of rotatable bonds is 4. The van der Waals surface area contributed by atoms with Crippen molar-refractivity contribution >= 4 is 0 Å². The van der Waals surface area contributed by atoms with Gasteiger partial charge < -0.3 is 10.4 Å². The van der Waals surface area contributed by atoms with Crippen molar-refractivity contribution in [2.75, 3.05) is 6.54 Å². The Kier molecular flexibility index (Phi) is 1.74. The minimum atomic E-state index is -0.490. The molecule has 0 heterocycles. The van der Waals surface area contributed by atoms with Crippen molar-refractivity contribution in [1.82, 2.24) is 5.32 Å². The highest BCUT2D eigenvalue weighted by Crippen LogP contribution is 2.53. The van der Waals surface area contributed by atoms with Crippen LogP contribution in [0.4, 0.5) is 0 Å². The average molecular weight is 169 g/mol. The van der Waals surface area contributed by atoms with E-state index in [-0.39, 0.29) is 5.41 Å². The van der Waals surface area contributed by atoms with E-state index in [2.05, 4.69) is 12.2 Å². The van der Waals surface area contributed by atoms with Gasteiger partial charge in [-0.15, -0.1) is 0 Å². The summed E-state index contributed by atoms with van der Waals surface area (Å²) >= 11 is 0. The highest BCUT2D eigenvalue weighted by molar-refractivity contribution is 5.04. The normalized spacial score (nSPS) is 31.2. The van der Waals surface area contributed by atoms with Crippen molar-refractivity contribution in [3.63, 3.8) is 0 Å². The molecule has 0 saturated heterocycles. The molecule has 0 aliphatic heterocycles. The third kappa shape index (κ3) is 1.50. The van der Waals surface area contributed by atoms with E-state index in [4.69, 9.17) is 0 Å². The van der Waals surface area contributed by atoms with E-state index in [0.717, 1.165) is 6.54 Å². The van der Waals surface area contributed by atoms with Gasteiger partial charge in [-0.2, -0.15) is 0 Å². The van der Waals surface area contributed by atoms with E-state index in [9.17, 15) is 5.11 Å². The fourth-order valence-electron chi connectivity index (χ4n) is 1.57. The van der Waals surface area contributed by atoms with Gasteiger partial charge in [0.2, 0.25) is 0 Å². The number of aliphatic hydroxyl groups is 1. The lowest BCUT2D eigenvalue weighted by atomic mass is 9.87. The Bertz CT molecular complexity index is 180. The first kappa shape index (κ1) is 8.52. The molecule has 2 aliphatic rings. The molecule has 0 aromatic heterocycles. The van der Waals surface area contributed by atoms with E-state index < -0.39 is 5.60 Å². The highest BCUT2D eigenvalue weighted by atomic mass is 16.3. The van der Waals surface area contributed by atoms with E-state index >= 15 is 0 Å². The summed E-state index contributed by atoms with van der Waals surface area (Å²) in [5.41, 5.74) is -0.287. The summed E-state index contributed by atoms with van der Waals surface area (Å²) in [6.07, 6.45) is 4.97. The number of hydrogen-bond acceptors (Lipinski definition) is 2. The first-order valence-electron chi connectivity index (χ1n) is 4.99. The van der Waals surface area contributed by atoms with Crippen LogP contribution in [0.25, 0.3) is 0 Å². The highest BCUT2D eigenvalue weighted by Gasteiger charge is 2.52. The van der Waals surface area contributed by atoms with E-state index in [1.807, 2.05) is 6.92 Å². The molecule has 0 aromatic rings. The molecule has 2 heteroatoms. The molecule has 2 nitrogen and oxygen atoms in total. The van der Waals surface area contributed by atoms with E-state index in [0.29, 0.717) is 6.04 Å². The lowest BCUT2D eigenvalue weighted by molar-refractivity contribution is -0.00664. The topological polar surface area (TPSA) is 32.3 Å². The molecule has 0 radical (unpaired) electrons. The summed E-state index contributed by atoms with van der Waals surface area (Å²) in [6, 6.07) is 0.707. The van der Waals surface area contributed by atoms with E-state index in [1.165, 1.54) is 25.7 Å². The van der Waals surface area contributed by atoms with Crippen molar-refractivity contribution in [2.45, 2.75) is 51.2 Å². The molecule has 1 unspecified atom stereocenters. The molecule has 2 fully saturated rings. The van der Waals surface area contributed by atoms with Crippen LogP contribution in [0.5, 0.6) is 0 Å². The van der Waals surface area contributed by atoms with Gasteiger partial charge in [0.05, 0.1) is 5.60 Å². The molecular formula is C10H19NO. The van der Waals surface area contributed by atoms with Crippen molar-refractivity contribution < 1.29 is 5.11 Å². The maximum absolute atomic E-state index is 10.1. The Hall–Kier alpha value is -0.0800. The van der Waals surface area contributed by atoms with Crippen LogP contribution in [0, 0.1) is 5.41 Å². The zero-order valence-electron chi connectivity index (χ0n) is 8.06. The van der Waals surface area contributed by atoms with Gasteiger partial charge in [-0.1, -0.05) is 6.92 Å². The van der Waals surface area contributed by atoms with E-state index in [1.54, 1.807) is 0 Å². The van der Waals surface area contributed by atoms with Crippen LogP contribution in [0.3, 0.4) is 0 Å². The average Bonchev–Trinajstić information content (AvgIpc) is 2.78. The van der Waals surface area contributed by atoms with Gasteiger partial charge in [-0.3, -0.25) is 0 Å². The second-order valence-electron chi connectivity index (χ2n) is 4.99. The summed E-state index contributed by atoms with van der Waals surface area (Å²) in [6.45, 7) is 4.92. The minimum absolute atomic E-state index is 0.203. The number of hydrogen-bond donors (Lipinski definition) is 2. The fraction of sp³-hybridized carbons (Fsp3) is 1.00. The molecule has 1 atom stereocenters. The lowest BCUT2D eigenvalue weighted by Gasteiger charge is -2.30. The number of nitrogens with one attached hydrogen (secondary N) is 1. The van der Waals surface area contributed by atoms with Gasteiger partial charge in [0, 0.05) is 12.6 Å². The summed E-state index contributed by atoms with van der Waals surface area (Å²) in [4.78, 5) is 0. The third-order valence-electron chi connectivity index (χ3n) is 3.61. The van der Waals surface area contributed by atoms with Crippen molar-refractivity contribution in [3.05, 3.63) is 0 Å². The third-order valence-corrected chi connectivity index (χ3v) is 3.61. The van der Waals surface area contributed by atoms with Gasteiger partial charge in [0.15, 0.2) is 0 Å².